The number of nitrogens with zero attached hydrogens (tertiary/aromatic N) is 3. The minimum atomic E-state index is -0.517. The molecule has 3 aromatic rings. The van der Waals surface area contributed by atoms with Gasteiger partial charge in [-0.1, -0.05) is 12.1 Å². The van der Waals surface area contributed by atoms with E-state index >= 15 is 0 Å². The molecule has 2 aromatic carbocycles. The van der Waals surface area contributed by atoms with Crippen LogP contribution < -0.4 is 24.8 Å². The Hall–Kier alpha value is -4.08. The molecule has 0 spiro atoms. The number of benzene rings is 2. The van der Waals surface area contributed by atoms with Gasteiger partial charge >= 0.3 is 5.69 Å². The van der Waals surface area contributed by atoms with Crippen LogP contribution in [0.25, 0.3) is 0 Å². The maximum absolute atomic E-state index is 11.7. The molecule has 1 aliphatic rings. The molecule has 10 nitrogen and oxygen atoms in total. The second-order valence-electron chi connectivity index (χ2n) is 6.36. The van der Waals surface area contributed by atoms with E-state index in [9.17, 15) is 10.1 Å². The SMILES string of the molecule is COc1ccc(CNc2ncnc(Nc3ccc4c(c3)OCCO4)c2[N+](=O)[O-])cc1. The largest absolute Gasteiger partial charge is 0.497 e. The van der Waals surface area contributed by atoms with E-state index in [4.69, 9.17) is 14.2 Å². The quantitative estimate of drug-likeness (QED) is 0.446. The minimum absolute atomic E-state index is 0.0731. The second-order valence-corrected chi connectivity index (χ2v) is 6.36. The first-order chi connectivity index (χ1) is 14.6. The molecule has 0 bridgehead atoms. The lowest BCUT2D eigenvalue weighted by atomic mass is 10.2. The van der Waals surface area contributed by atoms with Crippen molar-refractivity contribution in [1.29, 1.82) is 0 Å². The Labute approximate surface area is 172 Å². The highest BCUT2D eigenvalue weighted by Gasteiger charge is 2.23. The lowest BCUT2D eigenvalue weighted by Crippen LogP contribution is -2.15. The molecule has 0 fully saturated rings. The van der Waals surface area contributed by atoms with E-state index in [0.717, 1.165) is 11.3 Å². The van der Waals surface area contributed by atoms with Crippen molar-refractivity contribution in [3.05, 3.63) is 64.5 Å². The summed E-state index contributed by atoms with van der Waals surface area (Å²) in [6, 6.07) is 12.6. The summed E-state index contributed by atoms with van der Waals surface area (Å²) in [6.07, 6.45) is 1.27. The molecule has 0 unspecified atom stereocenters. The topological polar surface area (TPSA) is 121 Å². The minimum Gasteiger partial charge on any atom is -0.497 e. The first kappa shape index (κ1) is 19.2. The molecule has 2 N–H and O–H groups in total. The standard InChI is InChI=1S/C20H19N5O5/c1-28-15-5-2-13(3-6-15)11-21-19-18(25(26)27)20(23-12-22-19)24-14-4-7-16-17(10-14)30-9-8-29-16/h2-7,10,12H,8-9,11H2,1H3,(H2,21,22,23,24). The Morgan fingerprint density at radius 3 is 2.53 bits per heavy atom. The van der Waals surface area contributed by atoms with E-state index in [-0.39, 0.29) is 17.3 Å². The number of ether oxygens (including phenoxy) is 3. The van der Waals surface area contributed by atoms with Gasteiger partial charge in [0.15, 0.2) is 11.5 Å². The van der Waals surface area contributed by atoms with Crippen LogP contribution in [0.2, 0.25) is 0 Å². The molecule has 1 aromatic heterocycles. The Bertz CT molecular complexity index is 1060. The summed E-state index contributed by atoms with van der Waals surface area (Å²) in [6.45, 7) is 1.29. The van der Waals surface area contributed by atoms with Gasteiger partial charge in [-0.25, -0.2) is 9.97 Å². The van der Waals surface area contributed by atoms with Gasteiger partial charge in [-0.3, -0.25) is 10.1 Å². The van der Waals surface area contributed by atoms with Gasteiger partial charge in [0.05, 0.1) is 12.0 Å². The van der Waals surface area contributed by atoms with Crippen molar-refractivity contribution in [2.24, 2.45) is 0 Å². The second kappa shape index (κ2) is 8.52. The number of hydrogen-bond acceptors (Lipinski definition) is 9. The number of rotatable bonds is 7. The average molecular weight is 409 g/mol. The third-order valence-electron chi connectivity index (χ3n) is 4.43. The van der Waals surface area contributed by atoms with Crippen molar-refractivity contribution in [1.82, 2.24) is 9.97 Å². The van der Waals surface area contributed by atoms with Gasteiger partial charge in [0.1, 0.15) is 25.3 Å². The predicted molar refractivity (Wildman–Crippen MR) is 110 cm³/mol. The Morgan fingerprint density at radius 2 is 1.80 bits per heavy atom. The fourth-order valence-corrected chi connectivity index (χ4v) is 2.96. The molecule has 0 saturated carbocycles. The van der Waals surface area contributed by atoms with Crippen LogP contribution in [0.4, 0.5) is 23.0 Å². The number of nitrogens with one attached hydrogen (secondary N) is 2. The zero-order valence-electron chi connectivity index (χ0n) is 16.1. The molecule has 0 atom stereocenters. The maximum Gasteiger partial charge on any atom is 0.353 e. The monoisotopic (exact) mass is 409 g/mol. The lowest BCUT2D eigenvalue weighted by Gasteiger charge is -2.19. The van der Waals surface area contributed by atoms with Crippen molar-refractivity contribution in [2.45, 2.75) is 6.54 Å². The summed E-state index contributed by atoms with van der Waals surface area (Å²) in [5.41, 5.74) is 1.26. The predicted octanol–water partition coefficient (Wildman–Crippen LogP) is 3.52. The third kappa shape index (κ3) is 4.17. The highest BCUT2D eigenvalue weighted by Crippen LogP contribution is 2.36. The van der Waals surface area contributed by atoms with Gasteiger partial charge < -0.3 is 24.8 Å². The number of methoxy groups -OCH3 is 1. The number of hydrogen-bond donors (Lipinski definition) is 2. The number of aromatic nitrogens is 2. The van der Waals surface area contributed by atoms with Crippen LogP contribution in [0.15, 0.2) is 48.8 Å². The van der Waals surface area contributed by atoms with Crippen LogP contribution in [-0.2, 0) is 6.54 Å². The summed E-state index contributed by atoms with van der Waals surface area (Å²) in [5, 5.41) is 17.7. The van der Waals surface area contributed by atoms with E-state index in [0.29, 0.717) is 36.9 Å². The molecule has 1 aliphatic heterocycles. The smallest absolute Gasteiger partial charge is 0.353 e. The van der Waals surface area contributed by atoms with Crippen molar-refractivity contribution in [3.63, 3.8) is 0 Å². The molecule has 0 amide bonds. The van der Waals surface area contributed by atoms with Crippen LogP contribution in [0.1, 0.15) is 5.56 Å². The normalized spacial score (nSPS) is 12.2. The molecule has 0 radical (unpaired) electrons. The van der Waals surface area contributed by atoms with Crippen molar-refractivity contribution in [3.8, 4) is 17.2 Å². The highest BCUT2D eigenvalue weighted by atomic mass is 16.6. The van der Waals surface area contributed by atoms with Crippen molar-refractivity contribution in [2.75, 3.05) is 31.0 Å². The molecule has 0 aliphatic carbocycles. The molecular formula is C20H19N5O5. The zero-order valence-corrected chi connectivity index (χ0v) is 16.1. The van der Waals surface area contributed by atoms with Crippen LogP contribution in [0.3, 0.4) is 0 Å². The van der Waals surface area contributed by atoms with E-state index in [2.05, 4.69) is 20.6 Å². The highest BCUT2D eigenvalue weighted by molar-refractivity contribution is 5.74. The fourth-order valence-electron chi connectivity index (χ4n) is 2.96. The summed E-state index contributed by atoms with van der Waals surface area (Å²) < 4.78 is 16.2. The number of anilines is 3. The van der Waals surface area contributed by atoms with Gasteiger partial charge in [-0.2, -0.15) is 0 Å². The fraction of sp³-hybridized carbons (Fsp3) is 0.200. The van der Waals surface area contributed by atoms with Crippen molar-refractivity contribution < 1.29 is 19.1 Å². The van der Waals surface area contributed by atoms with Crippen LogP contribution in [0, 0.1) is 10.1 Å². The Kier molecular flexibility index (Phi) is 5.46. The molecule has 10 heteroatoms. The van der Waals surface area contributed by atoms with Crippen LogP contribution >= 0.6 is 0 Å². The summed E-state index contributed by atoms with van der Waals surface area (Å²) in [5.74, 6) is 2.12. The maximum atomic E-state index is 11.7. The molecule has 0 saturated heterocycles. The first-order valence-corrected chi connectivity index (χ1v) is 9.17. The van der Waals surface area contributed by atoms with Gasteiger partial charge in [0, 0.05) is 18.3 Å². The van der Waals surface area contributed by atoms with Gasteiger partial charge in [0.2, 0.25) is 11.6 Å². The molecule has 4 rings (SSSR count). The molecule has 2 heterocycles. The van der Waals surface area contributed by atoms with E-state index < -0.39 is 4.92 Å². The Balaban J connectivity index is 1.55. The molecular weight excluding hydrogens is 390 g/mol. The zero-order chi connectivity index (χ0) is 20.9. The van der Waals surface area contributed by atoms with E-state index in [1.807, 2.05) is 24.3 Å². The number of fused-ring (bicyclic) bond motifs is 1. The van der Waals surface area contributed by atoms with Gasteiger partial charge in [0.25, 0.3) is 0 Å². The van der Waals surface area contributed by atoms with Crippen LogP contribution in [-0.4, -0.2) is 35.2 Å². The third-order valence-corrected chi connectivity index (χ3v) is 4.43. The lowest BCUT2D eigenvalue weighted by molar-refractivity contribution is -0.383. The number of nitro groups is 1. The van der Waals surface area contributed by atoms with Crippen molar-refractivity contribution >= 4 is 23.0 Å². The van der Waals surface area contributed by atoms with Gasteiger partial charge in [-0.15, -0.1) is 0 Å². The Morgan fingerprint density at radius 1 is 1.07 bits per heavy atom. The summed E-state index contributed by atoms with van der Waals surface area (Å²) in [4.78, 5) is 19.3. The molecule has 30 heavy (non-hydrogen) atoms. The van der Waals surface area contributed by atoms with E-state index in [1.54, 1.807) is 25.3 Å². The first-order valence-electron chi connectivity index (χ1n) is 9.17. The average Bonchev–Trinajstić information content (AvgIpc) is 2.78. The van der Waals surface area contributed by atoms with Gasteiger partial charge in [-0.05, 0) is 29.8 Å². The van der Waals surface area contributed by atoms with Crippen LogP contribution in [0.5, 0.6) is 17.2 Å². The molecule has 154 valence electrons. The summed E-state index contributed by atoms with van der Waals surface area (Å²) in [7, 11) is 1.59. The van der Waals surface area contributed by atoms with E-state index in [1.165, 1.54) is 6.33 Å². The summed E-state index contributed by atoms with van der Waals surface area (Å²) >= 11 is 0.